The van der Waals surface area contributed by atoms with Crippen LogP contribution >= 0.6 is 0 Å². The van der Waals surface area contributed by atoms with E-state index in [0.29, 0.717) is 0 Å². The molecule has 15 heavy (non-hydrogen) atoms. The number of carbonyl (C=O) groups is 1. The zero-order chi connectivity index (χ0) is 11.1. The van der Waals surface area contributed by atoms with Gasteiger partial charge in [0.1, 0.15) is 6.10 Å². The highest BCUT2D eigenvalue weighted by Gasteiger charge is 2.33. The van der Waals surface area contributed by atoms with Gasteiger partial charge >= 0.3 is 5.97 Å². The molecule has 0 fully saturated rings. The number of benzene rings is 1. The van der Waals surface area contributed by atoms with Crippen molar-refractivity contribution in [2.75, 3.05) is 0 Å². The Bertz CT molecular complexity index is 388. The Hall–Kier alpha value is -1.31. The highest BCUT2D eigenvalue weighted by Crippen LogP contribution is 2.38. The molecule has 0 aliphatic carbocycles. The molecule has 1 unspecified atom stereocenters. The summed E-state index contributed by atoms with van der Waals surface area (Å²) in [5.74, 6) is -0.181. The summed E-state index contributed by atoms with van der Waals surface area (Å²) in [6.45, 7) is 6.46. The molecule has 1 atom stereocenters. The molecule has 2 heteroatoms. The van der Waals surface area contributed by atoms with Gasteiger partial charge in [0.15, 0.2) is 0 Å². The molecule has 1 aliphatic heterocycles. The van der Waals surface area contributed by atoms with Gasteiger partial charge in [0.05, 0.1) is 5.56 Å². The summed E-state index contributed by atoms with van der Waals surface area (Å²) in [7, 11) is 0. The van der Waals surface area contributed by atoms with E-state index in [1.54, 1.807) is 0 Å². The molecule has 1 aromatic carbocycles. The fourth-order valence-electron chi connectivity index (χ4n) is 1.93. The van der Waals surface area contributed by atoms with Crippen molar-refractivity contribution < 1.29 is 9.53 Å². The molecule has 2 rings (SSSR count). The van der Waals surface area contributed by atoms with Crippen molar-refractivity contribution in [2.45, 2.75) is 33.3 Å². The van der Waals surface area contributed by atoms with Crippen LogP contribution in [0.4, 0.5) is 0 Å². The van der Waals surface area contributed by atoms with E-state index in [1.165, 1.54) is 0 Å². The van der Waals surface area contributed by atoms with Crippen LogP contribution in [-0.4, -0.2) is 5.97 Å². The molecule has 2 nitrogen and oxygen atoms in total. The maximum atomic E-state index is 11.5. The number of hydrogen-bond donors (Lipinski definition) is 0. The minimum atomic E-state index is -0.181. The Kier molecular flexibility index (Phi) is 2.29. The van der Waals surface area contributed by atoms with Gasteiger partial charge in [0.2, 0.25) is 0 Å². The first kappa shape index (κ1) is 10.2. The zero-order valence-electron chi connectivity index (χ0n) is 9.41. The lowest BCUT2D eigenvalue weighted by atomic mass is 9.86. The van der Waals surface area contributed by atoms with Gasteiger partial charge in [-0.25, -0.2) is 4.79 Å². The average molecular weight is 204 g/mol. The fourth-order valence-corrected chi connectivity index (χ4v) is 1.93. The number of hydrogen-bond acceptors (Lipinski definition) is 2. The van der Waals surface area contributed by atoms with Crippen molar-refractivity contribution >= 4 is 5.97 Å². The van der Waals surface area contributed by atoms with Gasteiger partial charge < -0.3 is 4.74 Å². The molecule has 0 aromatic heterocycles. The fraction of sp³-hybridized carbons (Fsp3) is 0.462. The van der Waals surface area contributed by atoms with Crippen molar-refractivity contribution in [3.05, 3.63) is 35.4 Å². The van der Waals surface area contributed by atoms with Crippen LogP contribution in [0.25, 0.3) is 0 Å². The van der Waals surface area contributed by atoms with Crippen LogP contribution in [0.1, 0.15) is 49.2 Å². The molecule has 0 bridgehead atoms. The summed E-state index contributed by atoms with van der Waals surface area (Å²) in [5, 5.41) is 0. The molecular formula is C13H16O2. The normalized spacial score (nSPS) is 19.9. The largest absolute Gasteiger partial charge is 0.454 e. The van der Waals surface area contributed by atoms with Crippen molar-refractivity contribution in [1.29, 1.82) is 0 Å². The van der Waals surface area contributed by atoms with Gasteiger partial charge in [-0.3, -0.25) is 0 Å². The van der Waals surface area contributed by atoms with Gasteiger partial charge in [0, 0.05) is 5.56 Å². The molecule has 0 radical (unpaired) electrons. The van der Waals surface area contributed by atoms with Crippen LogP contribution in [0.15, 0.2) is 24.3 Å². The molecule has 0 saturated heterocycles. The maximum absolute atomic E-state index is 11.5. The zero-order valence-corrected chi connectivity index (χ0v) is 9.41. The number of fused-ring (bicyclic) bond motifs is 1. The van der Waals surface area contributed by atoms with Crippen LogP contribution in [-0.2, 0) is 4.74 Å². The average Bonchev–Trinajstić information content (AvgIpc) is 2.42. The van der Waals surface area contributed by atoms with Crippen LogP contribution < -0.4 is 0 Å². The Morgan fingerprint density at radius 1 is 1.27 bits per heavy atom. The lowest BCUT2D eigenvalue weighted by Crippen LogP contribution is -2.11. The Balaban J connectivity index is 2.29. The van der Waals surface area contributed by atoms with E-state index in [1.807, 2.05) is 24.3 Å². The number of ether oxygens (including phenoxy) is 1. The van der Waals surface area contributed by atoms with Crippen molar-refractivity contribution in [3.63, 3.8) is 0 Å². The summed E-state index contributed by atoms with van der Waals surface area (Å²) in [5.41, 5.74) is 1.94. The molecule has 0 amide bonds. The second kappa shape index (κ2) is 3.37. The van der Waals surface area contributed by atoms with E-state index in [-0.39, 0.29) is 17.5 Å². The first-order valence-corrected chi connectivity index (χ1v) is 5.27. The summed E-state index contributed by atoms with van der Waals surface area (Å²) < 4.78 is 5.37. The predicted octanol–water partition coefficient (Wildman–Crippen LogP) is 3.33. The molecular weight excluding hydrogens is 188 g/mol. The highest BCUT2D eigenvalue weighted by molar-refractivity contribution is 5.93. The quantitative estimate of drug-likeness (QED) is 0.656. The SMILES string of the molecule is CC(C)(C)CC1OC(=O)c2ccccc21. The predicted molar refractivity (Wildman–Crippen MR) is 58.7 cm³/mol. The van der Waals surface area contributed by atoms with Crippen LogP contribution in [0.2, 0.25) is 0 Å². The van der Waals surface area contributed by atoms with Crippen molar-refractivity contribution in [2.24, 2.45) is 5.41 Å². The number of esters is 1. The highest BCUT2D eigenvalue weighted by atomic mass is 16.5. The van der Waals surface area contributed by atoms with E-state index in [0.717, 1.165) is 17.5 Å². The molecule has 1 aromatic rings. The lowest BCUT2D eigenvalue weighted by molar-refractivity contribution is 0.0295. The van der Waals surface area contributed by atoms with Gasteiger partial charge in [-0.15, -0.1) is 0 Å². The van der Waals surface area contributed by atoms with Gasteiger partial charge in [-0.2, -0.15) is 0 Å². The van der Waals surface area contributed by atoms with Gasteiger partial charge in [0.25, 0.3) is 0 Å². The summed E-state index contributed by atoms with van der Waals surface area (Å²) in [6, 6.07) is 7.65. The second-order valence-corrected chi connectivity index (χ2v) is 5.25. The van der Waals surface area contributed by atoms with Crippen LogP contribution in [0.5, 0.6) is 0 Å². The van der Waals surface area contributed by atoms with Crippen molar-refractivity contribution in [1.82, 2.24) is 0 Å². The first-order chi connectivity index (χ1) is 6.97. The third kappa shape index (κ3) is 2.04. The van der Waals surface area contributed by atoms with Crippen molar-refractivity contribution in [3.8, 4) is 0 Å². The first-order valence-electron chi connectivity index (χ1n) is 5.27. The summed E-state index contributed by atoms with van der Waals surface area (Å²) in [4.78, 5) is 11.5. The molecule has 80 valence electrons. The van der Waals surface area contributed by atoms with Crippen LogP contribution in [0, 0.1) is 5.41 Å². The van der Waals surface area contributed by atoms with Crippen LogP contribution in [0.3, 0.4) is 0 Å². The van der Waals surface area contributed by atoms with E-state index in [2.05, 4.69) is 20.8 Å². The topological polar surface area (TPSA) is 26.3 Å². The molecule has 1 aliphatic rings. The molecule has 0 saturated carbocycles. The van der Waals surface area contributed by atoms with E-state index in [9.17, 15) is 4.79 Å². The smallest absolute Gasteiger partial charge is 0.339 e. The Morgan fingerprint density at radius 2 is 1.93 bits per heavy atom. The standard InChI is InChI=1S/C13H16O2/c1-13(2,3)8-11-9-6-4-5-7-10(9)12(14)15-11/h4-7,11H,8H2,1-3H3. The number of cyclic esters (lactones) is 1. The Morgan fingerprint density at radius 3 is 2.60 bits per heavy atom. The Labute approximate surface area is 90.3 Å². The number of carbonyl (C=O) groups excluding carboxylic acids is 1. The van der Waals surface area contributed by atoms with E-state index in [4.69, 9.17) is 4.74 Å². The summed E-state index contributed by atoms with van der Waals surface area (Å²) in [6.07, 6.45) is 0.809. The molecule has 0 spiro atoms. The third-order valence-electron chi connectivity index (χ3n) is 2.57. The number of rotatable bonds is 1. The minimum Gasteiger partial charge on any atom is -0.454 e. The second-order valence-electron chi connectivity index (χ2n) is 5.25. The lowest BCUT2D eigenvalue weighted by Gasteiger charge is -2.22. The minimum absolute atomic E-state index is 0.0614. The van der Waals surface area contributed by atoms with Gasteiger partial charge in [-0.1, -0.05) is 39.0 Å². The van der Waals surface area contributed by atoms with E-state index >= 15 is 0 Å². The van der Waals surface area contributed by atoms with Gasteiger partial charge in [-0.05, 0) is 17.9 Å². The third-order valence-corrected chi connectivity index (χ3v) is 2.57. The summed E-state index contributed by atoms with van der Waals surface area (Å²) >= 11 is 0. The van der Waals surface area contributed by atoms with E-state index < -0.39 is 0 Å². The maximum Gasteiger partial charge on any atom is 0.339 e. The monoisotopic (exact) mass is 204 g/mol. The molecule has 1 heterocycles. The molecule has 0 N–H and O–H groups in total.